The van der Waals surface area contributed by atoms with E-state index in [1.165, 1.54) is 19.3 Å². The molecule has 0 bridgehead atoms. The first-order valence-electron chi connectivity index (χ1n) is 6.02. The summed E-state index contributed by atoms with van der Waals surface area (Å²) in [4.78, 5) is 11.3. The highest BCUT2D eigenvalue weighted by molar-refractivity contribution is 5.75. The van der Waals surface area contributed by atoms with Crippen LogP contribution in [-0.2, 0) is 4.79 Å². The molecule has 0 aromatic carbocycles. The average molecular weight is 210 g/mol. The molecule has 0 unspecified atom stereocenters. The second-order valence-corrected chi connectivity index (χ2v) is 3.77. The Morgan fingerprint density at radius 1 is 1.27 bits per heavy atom. The van der Waals surface area contributed by atoms with E-state index in [9.17, 15) is 4.79 Å². The van der Waals surface area contributed by atoms with Gasteiger partial charge in [0.05, 0.1) is 0 Å². The largest absolute Gasteiger partial charge is 0.356 e. The quantitative estimate of drug-likeness (QED) is 0.582. The lowest BCUT2D eigenvalue weighted by atomic mass is 10.2. The van der Waals surface area contributed by atoms with E-state index in [0.29, 0.717) is 6.42 Å². The fourth-order valence-electron chi connectivity index (χ4n) is 1.37. The lowest BCUT2D eigenvalue weighted by Gasteiger charge is -2.03. The first kappa shape index (κ1) is 14.2. The van der Waals surface area contributed by atoms with Crippen molar-refractivity contribution in [2.24, 2.45) is 0 Å². The van der Waals surface area contributed by atoms with Crippen LogP contribution < -0.4 is 5.32 Å². The van der Waals surface area contributed by atoms with E-state index in [1.54, 1.807) is 6.08 Å². The van der Waals surface area contributed by atoms with Crippen LogP contribution in [0.3, 0.4) is 0 Å². The second-order valence-electron chi connectivity index (χ2n) is 3.77. The van der Waals surface area contributed by atoms with E-state index >= 15 is 0 Å². The van der Waals surface area contributed by atoms with Gasteiger partial charge in [0.1, 0.15) is 0 Å². The molecule has 0 saturated heterocycles. The number of nitrogens with one attached hydrogen (secondary N) is 1. The topological polar surface area (TPSA) is 29.1 Å². The Labute approximate surface area is 94.1 Å². The number of allylic oxidation sites excluding steroid dienone is 2. The van der Waals surface area contributed by atoms with Gasteiger partial charge < -0.3 is 5.32 Å². The fourth-order valence-corrected chi connectivity index (χ4v) is 1.37. The summed E-state index contributed by atoms with van der Waals surface area (Å²) in [5.41, 5.74) is 0. The minimum atomic E-state index is 0.184. The number of hydrogen-bond donors (Lipinski definition) is 1. The van der Waals surface area contributed by atoms with Crippen LogP contribution in [0.2, 0.25) is 0 Å². The zero-order valence-corrected chi connectivity index (χ0v) is 9.93. The molecule has 15 heavy (non-hydrogen) atoms. The van der Waals surface area contributed by atoms with Crippen molar-refractivity contribution in [3.63, 3.8) is 0 Å². The first-order valence-corrected chi connectivity index (χ1v) is 6.02. The van der Waals surface area contributed by atoms with Crippen molar-refractivity contribution in [2.75, 3.05) is 6.54 Å². The number of unbranched alkanes of at least 4 members (excludes halogenated alkanes) is 4. The molecule has 1 N–H and O–H groups in total. The Hall–Kier alpha value is -0.790. The lowest BCUT2D eigenvalue weighted by molar-refractivity contribution is -0.121. The van der Waals surface area contributed by atoms with Crippen molar-refractivity contribution in [1.29, 1.82) is 0 Å². The van der Waals surface area contributed by atoms with Gasteiger partial charge in [0.15, 0.2) is 0 Å². The number of carbonyl (C=O) groups is 1. The molecule has 0 aliphatic heterocycles. The van der Waals surface area contributed by atoms with E-state index in [4.69, 9.17) is 0 Å². The highest BCUT2D eigenvalue weighted by Crippen LogP contribution is 1.99. The average Bonchev–Trinajstić information content (AvgIpc) is 2.24. The van der Waals surface area contributed by atoms with E-state index in [0.717, 1.165) is 25.8 Å². The van der Waals surface area contributed by atoms with Crippen molar-refractivity contribution in [3.8, 4) is 0 Å². The summed E-state index contributed by atoms with van der Waals surface area (Å²) in [5.74, 6) is 0.184. The molecule has 0 aromatic heterocycles. The summed E-state index contributed by atoms with van der Waals surface area (Å²) in [6, 6.07) is 0. The normalized spacial score (nSPS) is 10.8. The van der Waals surface area contributed by atoms with Crippen LogP contribution >= 0.6 is 0 Å². The maximum atomic E-state index is 11.3. The summed E-state index contributed by atoms with van der Waals surface area (Å²) < 4.78 is 0. The van der Waals surface area contributed by atoms with Gasteiger partial charge in [0.25, 0.3) is 0 Å². The molecule has 0 aromatic rings. The monoisotopic (exact) mass is 210 g/mol. The Balaban J connectivity index is 3.18. The molecule has 1 radical (unpaired) electrons. The molecule has 0 aliphatic rings. The van der Waals surface area contributed by atoms with Crippen LogP contribution in [0.25, 0.3) is 0 Å². The number of amides is 1. The van der Waals surface area contributed by atoms with E-state index in [2.05, 4.69) is 19.2 Å². The Morgan fingerprint density at radius 3 is 2.73 bits per heavy atom. The van der Waals surface area contributed by atoms with Gasteiger partial charge in [0.2, 0.25) is 5.91 Å². The maximum absolute atomic E-state index is 11.3. The molecule has 0 fully saturated rings. The molecule has 0 spiro atoms. The number of carbonyl (C=O) groups excluding carboxylic acids is 1. The maximum Gasteiger partial charge on any atom is 0.220 e. The molecular formula is C13H24NO. The highest BCUT2D eigenvalue weighted by atomic mass is 16.1. The van der Waals surface area contributed by atoms with Crippen molar-refractivity contribution < 1.29 is 4.79 Å². The van der Waals surface area contributed by atoms with Gasteiger partial charge in [-0.25, -0.2) is 0 Å². The first-order chi connectivity index (χ1) is 7.31. The third-order valence-corrected chi connectivity index (χ3v) is 2.29. The predicted octanol–water partition coefficient (Wildman–Crippen LogP) is 3.24. The third-order valence-electron chi connectivity index (χ3n) is 2.29. The number of hydrogen-bond acceptors (Lipinski definition) is 1. The van der Waals surface area contributed by atoms with Gasteiger partial charge in [-0.2, -0.15) is 0 Å². The van der Waals surface area contributed by atoms with Crippen LogP contribution in [0.15, 0.2) is 12.2 Å². The summed E-state index contributed by atoms with van der Waals surface area (Å²) in [6.45, 7) is 6.63. The minimum absolute atomic E-state index is 0.184. The van der Waals surface area contributed by atoms with Crippen molar-refractivity contribution in [2.45, 2.75) is 51.9 Å². The molecule has 2 nitrogen and oxygen atoms in total. The summed E-state index contributed by atoms with van der Waals surface area (Å²) in [5, 5.41) is 2.94. The molecule has 0 heterocycles. The van der Waals surface area contributed by atoms with E-state index in [1.807, 2.05) is 6.08 Å². The van der Waals surface area contributed by atoms with Crippen molar-refractivity contribution >= 4 is 5.91 Å². The summed E-state index contributed by atoms with van der Waals surface area (Å²) >= 11 is 0. The summed E-state index contributed by atoms with van der Waals surface area (Å²) in [6.07, 6.45) is 11.1. The number of rotatable bonds is 9. The second kappa shape index (κ2) is 11.3. The Morgan fingerprint density at radius 2 is 2.07 bits per heavy atom. The summed E-state index contributed by atoms with van der Waals surface area (Å²) in [7, 11) is 0. The van der Waals surface area contributed by atoms with Crippen LogP contribution in [0.4, 0.5) is 0 Å². The zero-order chi connectivity index (χ0) is 11.4. The standard InChI is InChI=1S/C13H24NO/c1-3-5-7-9-11-13(15)14-12-10-8-6-4-2/h3,5H,1,4,6-12H2,2H3,(H,14,15). The van der Waals surface area contributed by atoms with E-state index < -0.39 is 0 Å². The zero-order valence-electron chi connectivity index (χ0n) is 9.93. The molecule has 0 rings (SSSR count). The Bertz CT molecular complexity index is 175. The molecule has 0 aliphatic carbocycles. The van der Waals surface area contributed by atoms with Gasteiger partial charge in [-0.1, -0.05) is 38.3 Å². The van der Waals surface area contributed by atoms with Crippen LogP contribution in [0.5, 0.6) is 0 Å². The van der Waals surface area contributed by atoms with Gasteiger partial charge in [0, 0.05) is 13.0 Å². The van der Waals surface area contributed by atoms with Crippen LogP contribution in [-0.4, -0.2) is 12.5 Å². The smallest absolute Gasteiger partial charge is 0.220 e. The van der Waals surface area contributed by atoms with Crippen LogP contribution in [0, 0.1) is 6.92 Å². The molecule has 0 saturated carbocycles. The van der Waals surface area contributed by atoms with Gasteiger partial charge in [-0.15, -0.1) is 0 Å². The molecule has 0 atom stereocenters. The molecule has 1 amide bonds. The fraction of sp³-hybridized carbons (Fsp3) is 0.692. The van der Waals surface area contributed by atoms with Gasteiger partial charge in [-0.3, -0.25) is 4.79 Å². The SMILES string of the molecule is [CH2]C=CCCCC(=O)NCCCCCC. The van der Waals surface area contributed by atoms with Crippen LogP contribution in [0.1, 0.15) is 51.9 Å². The van der Waals surface area contributed by atoms with E-state index in [-0.39, 0.29) is 5.91 Å². The lowest BCUT2D eigenvalue weighted by Crippen LogP contribution is -2.23. The predicted molar refractivity (Wildman–Crippen MR) is 65.5 cm³/mol. The highest BCUT2D eigenvalue weighted by Gasteiger charge is 1.98. The molecular weight excluding hydrogens is 186 g/mol. The van der Waals surface area contributed by atoms with Gasteiger partial charge in [-0.05, 0) is 26.2 Å². The van der Waals surface area contributed by atoms with Crippen molar-refractivity contribution in [1.82, 2.24) is 5.32 Å². The molecule has 2 heteroatoms. The van der Waals surface area contributed by atoms with Crippen molar-refractivity contribution in [3.05, 3.63) is 19.1 Å². The Kier molecular flexibility index (Phi) is 10.7. The minimum Gasteiger partial charge on any atom is -0.356 e. The third kappa shape index (κ3) is 11.1. The molecule has 87 valence electrons. The van der Waals surface area contributed by atoms with Gasteiger partial charge >= 0.3 is 0 Å².